The smallest absolute Gasteiger partial charge is 0.332 e. The van der Waals surface area contributed by atoms with E-state index >= 15 is 0 Å². The van der Waals surface area contributed by atoms with Gasteiger partial charge in [-0.1, -0.05) is 0 Å². The fourth-order valence-corrected chi connectivity index (χ4v) is 3.31. The molecule has 2 rings (SSSR count). The van der Waals surface area contributed by atoms with Gasteiger partial charge in [-0.3, -0.25) is 0 Å². The Balaban J connectivity index is 1.64. The van der Waals surface area contributed by atoms with Crippen molar-refractivity contribution in [2.75, 3.05) is 6.54 Å². The summed E-state index contributed by atoms with van der Waals surface area (Å²) < 4.78 is 6.29. The fraction of sp³-hybridized carbons (Fsp3) is 0.500. The van der Waals surface area contributed by atoms with E-state index in [1.807, 2.05) is 11.4 Å². The number of hydrogen-bond donors (Lipinski definition) is 3. The molecule has 1 aromatic rings. The molecule has 0 spiro atoms. The van der Waals surface area contributed by atoms with Gasteiger partial charge in [0, 0.05) is 21.3 Å². The lowest BCUT2D eigenvalue weighted by molar-refractivity contribution is -0.149. The third kappa shape index (κ3) is 4.46. The summed E-state index contributed by atoms with van der Waals surface area (Å²) in [7, 11) is 0. The Kier molecular flexibility index (Phi) is 5.38. The highest BCUT2D eigenvalue weighted by Crippen LogP contribution is 2.20. The molecule has 2 heterocycles. The Morgan fingerprint density at radius 1 is 1.45 bits per heavy atom. The van der Waals surface area contributed by atoms with Crippen LogP contribution in [-0.4, -0.2) is 35.9 Å². The highest BCUT2D eigenvalue weighted by Gasteiger charge is 2.30. The standard InChI is InChI=1S/C12H15BrN2O4S/c13-7-3-9(20-6-7)5-15-12(18)14-4-8-1-2-10(19-8)11(16)17/h3,6,8,10H,1-2,4-5H2,(H,16,17)(H2,14,15,18). The summed E-state index contributed by atoms with van der Waals surface area (Å²) in [6.07, 6.45) is 0.174. The Morgan fingerprint density at radius 2 is 2.25 bits per heavy atom. The van der Waals surface area contributed by atoms with E-state index in [0.29, 0.717) is 25.9 Å². The molecule has 0 bridgehead atoms. The molecular formula is C12H15BrN2O4S. The summed E-state index contributed by atoms with van der Waals surface area (Å²) >= 11 is 4.91. The van der Waals surface area contributed by atoms with Gasteiger partial charge in [0.2, 0.25) is 0 Å². The normalized spacial score (nSPS) is 21.6. The molecule has 0 saturated carbocycles. The number of carboxylic acid groups (broad SMARTS) is 1. The average molecular weight is 363 g/mol. The number of amides is 2. The van der Waals surface area contributed by atoms with Crippen LogP contribution >= 0.6 is 27.3 Å². The number of carboxylic acids is 1. The van der Waals surface area contributed by atoms with Crippen molar-refractivity contribution in [1.29, 1.82) is 0 Å². The number of aliphatic carboxylic acids is 1. The zero-order chi connectivity index (χ0) is 14.5. The number of carbonyl (C=O) groups excluding carboxylic acids is 1. The quantitative estimate of drug-likeness (QED) is 0.746. The first-order valence-corrected chi connectivity index (χ1v) is 7.84. The first-order valence-electron chi connectivity index (χ1n) is 6.17. The topological polar surface area (TPSA) is 87.7 Å². The van der Waals surface area contributed by atoms with E-state index in [1.165, 1.54) is 0 Å². The molecule has 0 radical (unpaired) electrons. The van der Waals surface area contributed by atoms with Gasteiger partial charge in [-0.2, -0.15) is 0 Å². The summed E-state index contributed by atoms with van der Waals surface area (Å²) in [5, 5.41) is 16.2. The lowest BCUT2D eigenvalue weighted by atomic mass is 10.2. The Labute approximate surface area is 128 Å². The minimum atomic E-state index is -0.944. The third-order valence-electron chi connectivity index (χ3n) is 2.92. The van der Waals surface area contributed by atoms with Crippen molar-refractivity contribution in [2.24, 2.45) is 0 Å². The van der Waals surface area contributed by atoms with Crippen molar-refractivity contribution >= 4 is 39.3 Å². The molecule has 2 atom stereocenters. The van der Waals surface area contributed by atoms with Crippen LogP contribution in [0.3, 0.4) is 0 Å². The maximum absolute atomic E-state index is 11.6. The van der Waals surface area contributed by atoms with Crippen LogP contribution in [0, 0.1) is 0 Å². The molecule has 0 aromatic carbocycles. The van der Waals surface area contributed by atoms with Crippen LogP contribution in [0.5, 0.6) is 0 Å². The van der Waals surface area contributed by atoms with Crippen LogP contribution in [0.4, 0.5) is 4.79 Å². The molecule has 1 aromatic heterocycles. The van der Waals surface area contributed by atoms with Crippen molar-refractivity contribution in [3.63, 3.8) is 0 Å². The molecule has 110 valence electrons. The van der Waals surface area contributed by atoms with Crippen molar-refractivity contribution in [2.45, 2.75) is 31.6 Å². The summed E-state index contributed by atoms with van der Waals surface area (Å²) in [5.41, 5.74) is 0. The van der Waals surface area contributed by atoms with Crippen LogP contribution in [0.25, 0.3) is 0 Å². The fourth-order valence-electron chi connectivity index (χ4n) is 1.92. The SMILES string of the molecule is O=C(NCc1cc(Br)cs1)NCC1CCC(C(=O)O)O1. The first kappa shape index (κ1) is 15.3. The molecule has 1 fully saturated rings. The number of thiophene rings is 1. The number of ether oxygens (including phenoxy) is 1. The second kappa shape index (κ2) is 7.05. The van der Waals surface area contributed by atoms with Crippen LogP contribution in [0.2, 0.25) is 0 Å². The Morgan fingerprint density at radius 3 is 2.85 bits per heavy atom. The highest BCUT2D eigenvalue weighted by molar-refractivity contribution is 9.10. The van der Waals surface area contributed by atoms with E-state index in [2.05, 4.69) is 26.6 Å². The number of carbonyl (C=O) groups is 2. The molecular weight excluding hydrogens is 348 g/mol. The van der Waals surface area contributed by atoms with Gasteiger partial charge in [0.25, 0.3) is 0 Å². The Bertz CT molecular complexity index is 494. The summed E-state index contributed by atoms with van der Waals surface area (Å²) in [6.45, 7) is 0.787. The van der Waals surface area contributed by atoms with Gasteiger partial charge >= 0.3 is 12.0 Å². The lowest BCUT2D eigenvalue weighted by Gasteiger charge is -2.12. The van der Waals surface area contributed by atoms with Crippen LogP contribution in [0.15, 0.2) is 15.9 Å². The van der Waals surface area contributed by atoms with Crippen molar-refractivity contribution in [3.05, 3.63) is 20.8 Å². The second-order valence-corrected chi connectivity index (χ2v) is 6.37. The van der Waals surface area contributed by atoms with Gasteiger partial charge in [0.05, 0.1) is 12.6 Å². The van der Waals surface area contributed by atoms with Crippen LogP contribution < -0.4 is 10.6 Å². The number of nitrogens with one attached hydrogen (secondary N) is 2. The molecule has 8 heteroatoms. The van der Waals surface area contributed by atoms with Crippen molar-refractivity contribution < 1.29 is 19.4 Å². The van der Waals surface area contributed by atoms with E-state index in [1.54, 1.807) is 11.3 Å². The lowest BCUT2D eigenvalue weighted by Crippen LogP contribution is -2.39. The minimum Gasteiger partial charge on any atom is -0.479 e. The number of urea groups is 1. The molecule has 1 aliphatic rings. The predicted molar refractivity (Wildman–Crippen MR) is 77.8 cm³/mol. The van der Waals surface area contributed by atoms with Gasteiger partial charge in [-0.25, -0.2) is 9.59 Å². The average Bonchev–Trinajstić information content (AvgIpc) is 3.03. The maximum atomic E-state index is 11.6. The van der Waals surface area contributed by atoms with Gasteiger partial charge in [0.15, 0.2) is 6.10 Å². The van der Waals surface area contributed by atoms with Gasteiger partial charge in [-0.05, 0) is 34.8 Å². The molecule has 1 aliphatic heterocycles. The first-order chi connectivity index (χ1) is 9.54. The van der Waals surface area contributed by atoms with Crippen molar-refractivity contribution in [3.8, 4) is 0 Å². The Hall–Kier alpha value is -1.12. The maximum Gasteiger partial charge on any atom is 0.332 e. The molecule has 20 heavy (non-hydrogen) atoms. The highest BCUT2D eigenvalue weighted by atomic mass is 79.9. The largest absolute Gasteiger partial charge is 0.479 e. The second-order valence-electron chi connectivity index (χ2n) is 4.46. The molecule has 0 aliphatic carbocycles. The molecule has 1 saturated heterocycles. The number of rotatable bonds is 5. The zero-order valence-corrected chi connectivity index (χ0v) is 13.0. The number of halogens is 1. The molecule has 6 nitrogen and oxygen atoms in total. The minimum absolute atomic E-state index is 0.224. The van der Waals surface area contributed by atoms with E-state index in [9.17, 15) is 9.59 Å². The molecule has 2 amide bonds. The van der Waals surface area contributed by atoms with E-state index in [0.717, 1.165) is 9.35 Å². The zero-order valence-electron chi connectivity index (χ0n) is 10.6. The van der Waals surface area contributed by atoms with Crippen molar-refractivity contribution in [1.82, 2.24) is 10.6 Å². The summed E-state index contributed by atoms with van der Waals surface area (Å²) in [5.74, 6) is -0.944. The van der Waals surface area contributed by atoms with Crippen LogP contribution in [-0.2, 0) is 16.1 Å². The summed E-state index contributed by atoms with van der Waals surface area (Å²) in [4.78, 5) is 23.4. The monoisotopic (exact) mass is 362 g/mol. The van der Waals surface area contributed by atoms with Gasteiger partial charge in [-0.15, -0.1) is 11.3 Å². The van der Waals surface area contributed by atoms with Crippen LogP contribution in [0.1, 0.15) is 17.7 Å². The van der Waals surface area contributed by atoms with E-state index < -0.39 is 12.1 Å². The van der Waals surface area contributed by atoms with Gasteiger partial charge in [0.1, 0.15) is 0 Å². The summed E-state index contributed by atoms with van der Waals surface area (Å²) in [6, 6.07) is 1.67. The molecule has 2 unspecified atom stereocenters. The molecule has 3 N–H and O–H groups in total. The number of hydrogen-bond acceptors (Lipinski definition) is 4. The van der Waals surface area contributed by atoms with E-state index in [4.69, 9.17) is 9.84 Å². The predicted octanol–water partition coefficient (Wildman–Crippen LogP) is 1.94. The third-order valence-corrected chi connectivity index (χ3v) is 4.62. The van der Waals surface area contributed by atoms with Gasteiger partial charge < -0.3 is 20.5 Å². The van der Waals surface area contributed by atoms with E-state index in [-0.39, 0.29) is 12.1 Å².